The average molecular weight is 254 g/mol. The second-order valence-electron chi connectivity index (χ2n) is 4.23. The highest BCUT2D eigenvalue weighted by molar-refractivity contribution is 5.76. The van der Waals surface area contributed by atoms with Crippen molar-refractivity contribution >= 4 is 11.6 Å². The van der Waals surface area contributed by atoms with Crippen LogP contribution in [0, 0.1) is 5.82 Å². The molecule has 18 heavy (non-hydrogen) atoms. The lowest BCUT2D eigenvalue weighted by Gasteiger charge is -2.20. The van der Waals surface area contributed by atoms with Crippen molar-refractivity contribution in [1.29, 1.82) is 0 Å². The number of nitrogens with zero attached hydrogens (tertiary/aromatic N) is 1. The number of anilines is 1. The van der Waals surface area contributed by atoms with Gasteiger partial charge in [-0.1, -0.05) is 6.07 Å². The fourth-order valence-electron chi connectivity index (χ4n) is 1.61. The van der Waals surface area contributed by atoms with Gasteiger partial charge in [-0.2, -0.15) is 0 Å². The molecule has 0 bridgehead atoms. The van der Waals surface area contributed by atoms with Crippen LogP contribution in [0.1, 0.15) is 25.0 Å². The maximum atomic E-state index is 13.8. The summed E-state index contributed by atoms with van der Waals surface area (Å²) >= 11 is 0. The molecule has 0 aromatic heterocycles. The minimum Gasteiger partial charge on any atom is -0.389 e. The van der Waals surface area contributed by atoms with Crippen LogP contribution in [-0.4, -0.2) is 31.7 Å². The molecule has 0 aliphatic heterocycles. The van der Waals surface area contributed by atoms with Gasteiger partial charge in [0.1, 0.15) is 5.82 Å². The minimum atomic E-state index is -0.690. The van der Waals surface area contributed by atoms with Crippen molar-refractivity contribution in [1.82, 2.24) is 5.32 Å². The monoisotopic (exact) mass is 254 g/mol. The highest BCUT2D eigenvalue weighted by Crippen LogP contribution is 2.22. The van der Waals surface area contributed by atoms with E-state index in [0.717, 1.165) is 0 Å². The third-order valence-electron chi connectivity index (χ3n) is 2.82. The molecule has 0 fully saturated rings. The lowest BCUT2D eigenvalue weighted by Crippen LogP contribution is -2.26. The third kappa shape index (κ3) is 3.70. The van der Waals surface area contributed by atoms with Gasteiger partial charge < -0.3 is 15.3 Å². The van der Waals surface area contributed by atoms with E-state index in [1.165, 1.54) is 6.07 Å². The van der Waals surface area contributed by atoms with Crippen LogP contribution in [0.4, 0.5) is 10.1 Å². The molecule has 0 saturated heterocycles. The fraction of sp³-hybridized carbons (Fsp3) is 0.462. The van der Waals surface area contributed by atoms with E-state index >= 15 is 0 Å². The number of aliphatic hydroxyl groups is 1. The van der Waals surface area contributed by atoms with Gasteiger partial charge in [-0.25, -0.2) is 4.39 Å². The summed E-state index contributed by atoms with van der Waals surface area (Å²) in [5, 5.41) is 11.9. The summed E-state index contributed by atoms with van der Waals surface area (Å²) in [6.07, 6.45) is -0.380. The molecule has 2 N–H and O–H groups in total. The Balaban J connectivity index is 2.74. The van der Waals surface area contributed by atoms with Crippen molar-refractivity contribution < 1.29 is 14.3 Å². The van der Waals surface area contributed by atoms with Gasteiger partial charge in [0, 0.05) is 27.1 Å². The van der Waals surface area contributed by atoms with Crippen LogP contribution in [0.2, 0.25) is 0 Å². The van der Waals surface area contributed by atoms with Gasteiger partial charge in [-0.3, -0.25) is 4.79 Å². The second kappa shape index (κ2) is 6.35. The van der Waals surface area contributed by atoms with Crippen molar-refractivity contribution in [2.75, 3.05) is 25.5 Å². The Morgan fingerprint density at radius 2 is 2.22 bits per heavy atom. The zero-order chi connectivity index (χ0) is 13.7. The van der Waals surface area contributed by atoms with Gasteiger partial charge in [0.15, 0.2) is 0 Å². The molecule has 5 heteroatoms. The molecule has 1 rings (SSSR count). The number of aliphatic hydroxyl groups excluding tert-OH is 1. The Hall–Kier alpha value is -1.62. The Morgan fingerprint density at radius 1 is 1.56 bits per heavy atom. The topological polar surface area (TPSA) is 52.6 Å². The molecule has 0 aliphatic rings. The predicted molar refractivity (Wildman–Crippen MR) is 69.0 cm³/mol. The van der Waals surface area contributed by atoms with Gasteiger partial charge in [-0.05, 0) is 24.6 Å². The molecular formula is C13H19FN2O2. The Morgan fingerprint density at radius 3 is 2.72 bits per heavy atom. The van der Waals surface area contributed by atoms with Crippen LogP contribution in [0.5, 0.6) is 0 Å². The maximum absolute atomic E-state index is 13.8. The number of rotatable bonds is 5. The summed E-state index contributed by atoms with van der Waals surface area (Å²) in [6.45, 7) is 2.02. The Kier molecular flexibility index (Phi) is 5.09. The van der Waals surface area contributed by atoms with Crippen LogP contribution >= 0.6 is 0 Å². The van der Waals surface area contributed by atoms with Gasteiger partial charge in [-0.15, -0.1) is 0 Å². The molecule has 1 aromatic rings. The van der Waals surface area contributed by atoms with E-state index < -0.39 is 11.9 Å². The lowest BCUT2D eigenvalue weighted by molar-refractivity contribution is -0.120. The van der Waals surface area contributed by atoms with E-state index in [2.05, 4.69) is 5.32 Å². The third-order valence-corrected chi connectivity index (χ3v) is 2.82. The molecule has 1 aromatic carbocycles. The van der Waals surface area contributed by atoms with E-state index in [-0.39, 0.29) is 5.91 Å². The Labute approximate surface area is 106 Å². The average Bonchev–Trinajstić information content (AvgIpc) is 2.35. The van der Waals surface area contributed by atoms with Crippen molar-refractivity contribution in [3.8, 4) is 0 Å². The zero-order valence-corrected chi connectivity index (χ0v) is 10.9. The summed E-state index contributed by atoms with van der Waals surface area (Å²) in [5.41, 5.74) is 0.958. The van der Waals surface area contributed by atoms with Gasteiger partial charge in [0.25, 0.3) is 0 Å². The number of carbonyl (C=O) groups is 1. The van der Waals surface area contributed by atoms with Crippen molar-refractivity contribution in [2.24, 2.45) is 0 Å². The minimum absolute atomic E-state index is 0.0807. The van der Waals surface area contributed by atoms with E-state index in [0.29, 0.717) is 24.2 Å². The number of nitrogens with one attached hydrogen (secondary N) is 1. The molecule has 4 nitrogen and oxygen atoms in total. The molecule has 100 valence electrons. The summed E-state index contributed by atoms with van der Waals surface area (Å²) < 4.78 is 13.8. The van der Waals surface area contributed by atoms with Crippen molar-refractivity contribution in [3.05, 3.63) is 29.6 Å². The first-order valence-electron chi connectivity index (χ1n) is 5.85. The summed E-state index contributed by atoms with van der Waals surface area (Å²) in [5.74, 6) is -0.476. The quantitative estimate of drug-likeness (QED) is 0.836. The molecule has 0 heterocycles. The summed E-state index contributed by atoms with van der Waals surface area (Å²) in [6, 6.07) is 4.61. The molecule has 0 saturated carbocycles. The SMILES string of the molecule is CNC(=O)CCN(C)c1ccc(C(C)O)cc1F. The number of benzene rings is 1. The summed E-state index contributed by atoms with van der Waals surface area (Å²) in [4.78, 5) is 12.8. The molecule has 1 amide bonds. The molecule has 0 radical (unpaired) electrons. The van der Waals surface area contributed by atoms with Gasteiger partial charge >= 0.3 is 0 Å². The highest BCUT2D eigenvalue weighted by atomic mass is 19.1. The van der Waals surface area contributed by atoms with Crippen LogP contribution in [0.15, 0.2) is 18.2 Å². The second-order valence-corrected chi connectivity index (χ2v) is 4.23. The molecule has 0 spiro atoms. The molecule has 1 atom stereocenters. The van der Waals surface area contributed by atoms with E-state index in [1.807, 2.05) is 0 Å². The number of halogens is 1. The van der Waals surface area contributed by atoms with Crippen LogP contribution in [-0.2, 0) is 4.79 Å². The lowest BCUT2D eigenvalue weighted by atomic mass is 10.1. The van der Waals surface area contributed by atoms with Crippen LogP contribution in [0.3, 0.4) is 0 Å². The van der Waals surface area contributed by atoms with Crippen LogP contribution < -0.4 is 10.2 Å². The number of hydrogen-bond donors (Lipinski definition) is 2. The van der Waals surface area contributed by atoms with Crippen LogP contribution in [0.25, 0.3) is 0 Å². The van der Waals surface area contributed by atoms with Crippen molar-refractivity contribution in [2.45, 2.75) is 19.4 Å². The van der Waals surface area contributed by atoms with Gasteiger partial charge in [0.2, 0.25) is 5.91 Å². The molecule has 0 aliphatic carbocycles. The van der Waals surface area contributed by atoms with Gasteiger partial charge in [0.05, 0.1) is 11.8 Å². The number of amides is 1. The number of hydrogen-bond acceptors (Lipinski definition) is 3. The summed E-state index contributed by atoms with van der Waals surface area (Å²) in [7, 11) is 3.30. The predicted octanol–water partition coefficient (Wildman–Crippen LogP) is 1.45. The first-order chi connectivity index (χ1) is 8.45. The first kappa shape index (κ1) is 14.4. The van der Waals surface area contributed by atoms with E-state index in [9.17, 15) is 14.3 Å². The molecular weight excluding hydrogens is 235 g/mol. The van der Waals surface area contributed by atoms with Crippen molar-refractivity contribution in [3.63, 3.8) is 0 Å². The maximum Gasteiger partial charge on any atom is 0.221 e. The fourth-order valence-corrected chi connectivity index (χ4v) is 1.61. The normalized spacial score (nSPS) is 12.1. The zero-order valence-electron chi connectivity index (χ0n) is 10.9. The standard InChI is InChI=1S/C13H19FN2O2/c1-9(17)10-4-5-12(11(14)8-10)16(3)7-6-13(18)15-2/h4-5,8-9,17H,6-7H2,1-3H3,(H,15,18). The van der Waals surface area contributed by atoms with E-state index in [4.69, 9.17) is 0 Å². The Bertz CT molecular complexity index is 421. The molecule has 1 unspecified atom stereocenters. The smallest absolute Gasteiger partial charge is 0.221 e. The number of carbonyl (C=O) groups excluding carboxylic acids is 1. The highest BCUT2D eigenvalue weighted by Gasteiger charge is 2.11. The first-order valence-corrected chi connectivity index (χ1v) is 5.85. The van der Waals surface area contributed by atoms with E-state index in [1.54, 1.807) is 38.1 Å². The largest absolute Gasteiger partial charge is 0.389 e.